The normalized spacial score (nSPS) is 12.3. The predicted octanol–water partition coefficient (Wildman–Crippen LogP) is 4.50. The highest BCUT2D eigenvalue weighted by molar-refractivity contribution is 5.91. The van der Waals surface area contributed by atoms with Gasteiger partial charge in [0.05, 0.1) is 0 Å². The van der Waals surface area contributed by atoms with Crippen molar-refractivity contribution in [3.05, 3.63) is 47.8 Å². The average molecular weight is 383 g/mol. The first-order chi connectivity index (χ1) is 13.1. The number of nitrogens with zero attached hydrogens (tertiary/aromatic N) is 2. The third kappa shape index (κ3) is 7.10. The Balaban J connectivity index is 1.92. The van der Waals surface area contributed by atoms with Gasteiger partial charge in [0.15, 0.2) is 0 Å². The number of aryl methyl sites for hydroxylation is 2. The SMILES string of the molecule is Cc1ccnc(NC(=O)CC[C@H](CC(=O)Nc2cc(C)ccn2)C(C)(C)C)c1. The zero-order chi connectivity index (χ0) is 20.7. The Labute approximate surface area is 167 Å². The summed E-state index contributed by atoms with van der Waals surface area (Å²) < 4.78 is 0. The summed E-state index contributed by atoms with van der Waals surface area (Å²) in [6.07, 6.45) is 4.65. The summed E-state index contributed by atoms with van der Waals surface area (Å²) in [5, 5.41) is 5.69. The van der Waals surface area contributed by atoms with E-state index in [1.54, 1.807) is 12.4 Å². The fourth-order valence-electron chi connectivity index (χ4n) is 2.98. The van der Waals surface area contributed by atoms with Crippen LogP contribution in [-0.4, -0.2) is 21.8 Å². The van der Waals surface area contributed by atoms with Crippen molar-refractivity contribution < 1.29 is 9.59 Å². The average Bonchev–Trinajstić information content (AvgIpc) is 2.57. The van der Waals surface area contributed by atoms with Gasteiger partial charge in [-0.2, -0.15) is 0 Å². The third-order valence-electron chi connectivity index (χ3n) is 4.74. The monoisotopic (exact) mass is 382 g/mol. The van der Waals surface area contributed by atoms with Crippen LogP contribution in [0, 0.1) is 25.2 Å². The number of aromatic nitrogens is 2. The van der Waals surface area contributed by atoms with E-state index in [0.29, 0.717) is 30.9 Å². The van der Waals surface area contributed by atoms with Gasteiger partial charge in [0.2, 0.25) is 11.8 Å². The minimum absolute atomic E-state index is 0.0635. The molecule has 0 radical (unpaired) electrons. The number of carbonyl (C=O) groups excluding carboxylic acids is 2. The lowest BCUT2D eigenvalue weighted by atomic mass is 9.76. The molecule has 2 aromatic rings. The van der Waals surface area contributed by atoms with Crippen molar-refractivity contribution in [3.8, 4) is 0 Å². The van der Waals surface area contributed by atoms with Crippen molar-refractivity contribution in [1.29, 1.82) is 0 Å². The highest BCUT2D eigenvalue weighted by Crippen LogP contribution is 2.33. The van der Waals surface area contributed by atoms with Crippen molar-refractivity contribution in [1.82, 2.24) is 9.97 Å². The van der Waals surface area contributed by atoms with Crippen molar-refractivity contribution in [2.75, 3.05) is 10.6 Å². The number of hydrogen-bond donors (Lipinski definition) is 2. The molecule has 0 bridgehead atoms. The first kappa shape index (κ1) is 21.5. The van der Waals surface area contributed by atoms with Crippen LogP contribution in [0.2, 0.25) is 0 Å². The lowest BCUT2D eigenvalue weighted by Gasteiger charge is -2.30. The van der Waals surface area contributed by atoms with Crippen LogP contribution < -0.4 is 10.6 Å². The molecule has 0 spiro atoms. The van der Waals surface area contributed by atoms with E-state index in [-0.39, 0.29) is 23.1 Å². The van der Waals surface area contributed by atoms with Crippen LogP contribution in [-0.2, 0) is 9.59 Å². The quantitative estimate of drug-likeness (QED) is 0.738. The van der Waals surface area contributed by atoms with Gasteiger partial charge < -0.3 is 10.6 Å². The highest BCUT2D eigenvalue weighted by atomic mass is 16.2. The van der Waals surface area contributed by atoms with Gasteiger partial charge >= 0.3 is 0 Å². The Kier molecular flexibility index (Phi) is 7.26. The maximum atomic E-state index is 12.5. The molecule has 2 rings (SSSR count). The number of anilines is 2. The predicted molar refractivity (Wildman–Crippen MR) is 112 cm³/mol. The summed E-state index contributed by atoms with van der Waals surface area (Å²) in [7, 11) is 0. The van der Waals surface area contributed by atoms with Crippen molar-refractivity contribution >= 4 is 23.5 Å². The summed E-state index contributed by atoms with van der Waals surface area (Å²) in [6.45, 7) is 10.2. The Bertz CT molecular complexity index is 827. The minimum atomic E-state index is -0.0980. The topological polar surface area (TPSA) is 84.0 Å². The fourth-order valence-corrected chi connectivity index (χ4v) is 2.98. The van der Waals surface area contributed by atoms with E-state index in [4.69, 9.17) is 0 Å². The fraction of sp³-hybridized carbons (Fsp3) is 0.455. The van der Waals surface area contributed by atoms with Crippen LogP contribution >= 0.6 is 0 Å². The third-order valence-corrected chi connectivity index (χ3v) is 4.74. The molecule has 0 aliphatic rings. The number of pyridine rings is 2. The number of amides is 2. The van der Waals surface area contributed by atoms with Crippen LogP contribution in [0.25, 0.3) is 0 Å². The molecule has 2 heterocycles. The van der Waals surface area contributed by atoms with Crippen molar-refractivity contribution in [3.63, 3.8) is 0 Å². The molecular weight excluding hydrogens is 352 g/mol. The first-order valence-corrected chi connectivity index (χ1v) is 9.58. The zero-order valence-electron chi connectivity index (χ0n) is 17.4. The lowest BCUT2D eigenvalue weighted by molar-refractivity contribution is -0.119. The van der Waals surface area contributed by atoms with E-state index in [1.807, 2.05) is 38.1 Å². The van der Waals surface area contributed by atoms with E-state index in [1.165, 1.54) is 0 Å². The van der Waals surface area contributed by atoms with Crippen molar-refractivity contribution in [2.24, 2.45) is 11.3 Å². The van der Waals surface area contributed by atoms with Gasteiger partial charge in [-0.1, -0.05) is 20.8 Å². The van der Waals surface area contributed by atoms with Gasteiger partial charge in [-0.15, -0.1) is 0 Å². The smallest absolute Gasteiger partial charge is 0.225 e. The highest BCUT2D eigenvalue weighted by Gasteiger charge is 2.27. The molecule has 6 heteroatoms. The van der Waals surface area contributed by atoms with E-state index < -0.39 is 0 Å². The first-order valence-electron chi connectivity index (χ1n) is 9.58. The van der Waals surface area contributed by atoms with Gasteiger partial charge in [-0.25, -0.2) is 9.97 Å². The minimum Gasteiger partial charge on any atom is -0.311 e. The van der Waals surface area contributed by atoms with Crippen LogP contribution in [0.1, 0.15) is 51.2 Å². The summed E-state index contributed by atoms with van der Waals surface area (Å²) >= 11 is 0. The number of hydrogen-bond acceptors (Lipinski definition) is 4. The van der Waals surface area contributed by atoms with E-state index in [2.05, 4.69) is 41.4 Å². The zero-order valence-corrected chi connectivity index (χ0v) is 17.4. The molecule has 2 amide bonds. The summed E-state index contributed by atoms with van der Waals surface area (Å²) in [4.78, 5) is 33.1. The molecule has 0 aromatic carbocycles. The summed E-state index contributed by atoms with van der Waals surface area (Å²) in [5.41, 5.74) is 1.98. The van der Waals surface area contributed by atoms with Crippen LogP contribution in [0.3, 0.4) is 0 Å². The van der Waals surface area contributed by atoms with E-state index in [9.17, 15) is 9.59 Å². The second-order valence-electron chi connectivity index (χ2n) is 8.34. The van der Waals surface area contributed by atoms with Crippen LogP contribution in [0.4, 0.5) is 11.6 Å². The second kappa shape index (κ2) is 9.44. The molecular formula is C22H30N4O2. The largest absolute Gasteiger partial charge is 0.311 e. The number of nitrogens with one attached hydrogen (secondary N) is 2. The molecule has 0 saturated carbocycles. The Morgan fingerprint density at radius 3 is 1.89 bits per heavy atom. The summed E-state index contributed by atoms with van der Waals surface area (Å²) in [5.74, 6) is 1.00. The van der Waals surface area contributed by atoms with Gasteiger partial charge in [0, 0.05) is 25.2 Å². The van der Waals surface area contributed by atoms with Gasteiger partial charge in [0.1, 0.15) is 11.6 Å². The molecule has 0 aliphatic carbocycles. The Morgan fingerprint density at radius 2 is 1.43 bits per heavy atom. The molecule has 28 heavy (non-hydrogen) atoms. The van der Waals surface area contributed by atoms with Crippen LogP contribution in [0.15, 0.2) is 36.7 Å². The van der Waals surface area contributed by atoms with Gasteiger partial charge in [-0.05, 0) is 67.0 Å². The summed E-state index contributed by atoms with van der Waals surface area (Å²) in [6, 6.07) is 7.44. The molecule has 0 saturated heterocycles. The Morgan fingerprint density at radius 1 is 0.929 bits per heavy atom. The molecule has 2 N–H and O–H groups in total. The second-order valence-corrected chi connectivity index (χ2v) is 8.34. The number of rotatable bonds is 7. The van der Waals surface area contributed by atoms with Crippen molar-refractivity contribution in [2.45, 2.75) is 53.9 Å². The molecule has 6 nitrogen and oxygen atoms in total. The van der Waals surface area contributed by atoms with E-state index in [0.717, 1.165) is 11.1 Å². The maximum absolute atomic E-state index is 12.5. The molecule has 2 aromatic heterocycles. The molecule has 1 atom stereocenters. The van der Waals surface area contributed by atoms with Gasteiger partial charge in [-0.3, -0.25) is 9.59 Å². The lowest BCUT2D eigenvalue weighted by Crippen LogP contribution is -2.27. The standard InChI is InChI=1S/C22H30N4O2/c1-15-8-10-23-18(12-15)25-20(27)7-6-17(22(3,4)5)14-21(28)26-19-13-16(2)9-11-24-19/h8-13,17H,6-7,14H2,1-5H3,(H,23,25,27)(H,24,26,28)/t17-/m1/s1. The molecule has 0 fully saturated rings. The van der Waals surface area contributed by atoms with Gasteiger partial charge in [0.25, 0.3) is 0 Å². The molecule has 150 valence electrons. The van der Waals surface area contributed by atoms with E-state index >= 15 is 0 Å². The maximum Gasteiger partial charge on any atom is 0.225 e. The molecule has 0 unspecified atom stereocenters. The Hall–Kier alpha value is -2.76. The number of carbonyl (C=O) groups is 2. The van der Waals surface area contributed by atoms with Crippen LogP contribution in [0.5, 0.6) is 0 Å². The molecule has 0 aliphatic heterocycles.